The van der Waals surface area contributed by atoms with Crippen molar-refractivity contribution in [2.45, 2.75) is 46.1 Å². The van der Waals surface area contributed by atoms with Crippen LogP contribution in [0.2, 0.25) is 0 Å². The Kier molecular flexibility index (Phi) is 5.84. The predicted molar refractivity (Wildman–Crippen MR) is 85.4 cm³/mol. The zero-order chi connectivity index (χ0) is 16.8. The summed E-state index contributed by atoms with van der Waals surface area (Å²) in [4.78, 5) is 16.1. The summed E-state index contributed by atoms with van der Waals surface area (Å²) in [6, 6.07) is 4.77. The smallest absolute Gasteiger partial charge is 0.327 e. The molecule has 0 unspecified atom stereocenters. The van der Waals surface area contributed by atoms with E-state index in [1.807, 2.05) is 0 Å². The Balaban J connectivity index is 2.30. The maximum absolute atomic E-state index is 13.4. The van der Waals surface area contributed by atoms with E-state index < -0.39 is 0 Å². The van der Waals surface area contributed by atoms with E-state index >= 15 is 0 Å². The topological polar surface area (TPSA) is 57.0 Å². The van der Waals surface area contributed by atoms with Crippen LogP contribution in [0.5, 0.6) is 0 Å². The Hall–Kier alpha value is -2.24. The van der Waals surface area contributed by atoms with Crippen molar-refractivity contribution in [3.8, 4) is 11.4 Å². The number of carbonyl (C=O) groups excluding carboxylic acids is 1. The van der Waals surface area contributed by atoms with Gasteiger partial charge in [-0.15, -0.1) is 0 Å². The monoisotopic (exact) mass is 319 g/mol. The molecular formula is C17H22FN3O2. The molecule has 1 aromatic heterocycles. The van der Waals surface area contributed by atoms with Gasteiger partial charge in [0.25, 0.3) is 0 Å². The standard InChI is InChI=1S/C17H22FN3O2/c1-4-5-6-7-15-19-17(20-21(15)11-16(22)23-3)13-8-9-14(18)12(2)10-13/h8-10H,4-7,11H2,1-3H3. The van der Waals surface area contributed by atoms with E-state index in [0.29, 0.717) is 11.4 Å². The molecule has 0 spiro atoms. The summed E-state index contributed by atoms with van der Waals surface area (Å²) in [5, 5.41) is 4.40. The number of hydrogen-bond acceptors (Lipinski definition) is 4. The van der Waals surface area contributed by atoms with Crippen molar-refractivity contribution in [2.75, 3.05) is 7.11 Å². The third-order valence-electron chi connectivity index (χ3n) is 3.67. The molecule has 5 nitrogen and oxygen atoms in total. The van der Waals surface area contributed by atoms with Crippen LogP contribution in [-0.4, -0.2) is 27.8 Å². The fraction of sp³-hybridized carbons (Fsp3) is 0.471. The van der Waals surface area contributed by atoms with Gasteiger partial charge in [-0.25, -0.2) is 14.1 Å². The lowest BCUT2D eigenvalue weighted by Gasteiger charge is -2.03. The Morgan fingerprint density at radius 1 is 1.35 bits per heavy atom. The van der Waals surface area contributed by atoms with Crippen LogP contribution in [0.3, 0.4) is 0 Å². The first-order chi connectivity index (χ1) is 11.0. The van der Waals surface area contributed by atoms with E-state index in [4.69, 9.17) is 4.74 Å². The van der Waals surface area contributed by atoms with Crippen LogP contribution in [0.1, 0.15) is 37.6 Å². The van der Waals surface area contributed by atoms with Crippen LogP contribution in [-0.2, 0) is 22.5 Å². The van der Waals surface area contributed by atoms with Gasteiger partial charge in [0, 0.05) is 12.0 Å². The largest absolute Gasteiger partial charge is 0.468 e. The number of benzene rings is 1. The van der Waals surface area contributed by atoms with Crippen molar-refractivity contribution in [2.24, 2.45) is 0 Å². The lowest BCUT2D eigenvalue weighted by atomic mass is 10.1. The number of unbranched alkanes of at least 4 members (excludes halogenated alkanes) is 2. The van der Waals surface area contributed by atoms with Crippen LogP contribution in [0.25, 0.3) is 11.4 Å². The van der Waals surface area contributed by atoms with Crippen molar-refractivity contribution >= 4 is 5.97 Å². The Morgan fingerprint density at radius 3 is 2.78 bits per heavy atom. The summed E-state index contributed by atoms with van der Waals surface area (Å²) in [5.74, 6) is 0.628. The van der Waals surface area contributed by atoms with Gasteiger partial charge in [0.05, 0.1) is 7.11 Å². The van der Waals surface area contributed by atoms with Crippen molar-refractivity contribution in [1.29, 1.82) is 0 Å². The number of hydrogen-bond donors (Lipinski definition) is 0. The number of aromatic nitrogens is 3. The fourth-order valence-corrected chi connectivity index (χ4v) is 2.31. The van der Waals surface area contributed by atoms with Crippen LogP contribution < -0.4 is 0 Å². The minimum atomic E-state index is -0.367. The fourth-order valence-electron chi connectivity index (χ4n) is 2.31. The molecule has 1 heterocycles. The van der Waals surface area contributed by atoms with E-state index in [1.54, 1.807) is 23.7 Å². The Labute approximate surface area is 135 Å². The van der Waals surface area contributed by atoms with Gasteiger partial charge in [-0.2, -0.15) is 5.10 Å². The predicted octanol–water partition coefficient (Wildman–Crippen LogP) is 3.30. The van der Waals surface area contributed by atoms with Gasteiger partial charge in [0.2, 0.25) is 0 Å². The van der Waals surface area contributed by atoms with Gasteiger partial charge in [-0.1, -0.05) is 19.8 Å². The summed E-state index contributed by atoms with van der Waals surface area (Å²) in [6.45, 7) is 3.86. The minimum absolute atomic E-state index is 0.0329. The quantitative estimate of drug-likeness (QED) is 0.580. The van der Waals surface area contributed by atoms with Gasteiger partial charge < -0.3 is 4.74 Å². The van der Waals surface area contributed by atoms with Gasteiger partial charge in [0.15, 0.2) is 5.82 Å². The maximum Gasteiger partial charge on any atom is 0.327 e. The average Bonchev–Trinajstić information content (AvgIpc) is 2.93. The Morgan fingerprint density at radius 2 is 2.13 bits per heavy atom. The number of rotatable bonds is 7. The van der Waals surface area contributed by atoms with Crippen LogP contribution in [0.15, 0.2) is 18.2 Å². The molecule has 0 aliphatic carbocycles. The van der Waals surface area contributed by atoms with Crippen LogP contribution in [0.4, 0.5) is 4.39 Å². The van der Waals surface area contributed by atoms with Gasteiger partial charge in [-0.05, 0) is 37.1 Å². The molecule has 0 atom stereocenters. The van der Waals surface area contributed by atoms with Crippen LogP contribution in [0, 0.1) is 12.7 Å². The molecule has 2 rings (SSSR count). The molecule has 23 heavy (non-hydrogen) atoms. The minimum Gasteiger partial charge on any atom is -0.468 e. The molecule has 0 radical (unpaired) electrons. The molecule has 0 amide bonds. The molecule has 0 bridgehead atoms. The molecule has 0 N–H and O–H groups in total. The first-order valence-electron chi connectivity index (χ1n) is 7.82. The second-order valence-electron chi connectivity index (χ2n) is 5.51. The van der Waals surface area contributed by atoms with Gasteiger partial charge in [0.1, 0.15) is 18.2 Å². The highest BCUT2D eigenvalue weighted by Gasteiger charge is 2.15. The van der Waals surface area contributed by atoms with Crippen LogP contribution >= 0.6 is 0 Å². The number of esters is 1. The van der Waals surface area contributed by atoms with E-state index in [9.17, 15) is 9.18 Å². The molecular weight excluding hydrogens is 297 g/mol. The maximum atomic E-state index is 13.4. The number of carbonyl (C=O) groups is 1. The molecule has 0 saturated carbocycles. The number of aryl methyl sites for hydroxylation is 2. The third kappa shape index (κ3) is 4.37. The average molecular weight is 319 g/mol. The third-order valence-corrected chi connectivity index (χ3v) is 3.67. The Bertz CT molecular complexity index is 682. The summed E-state index contributed by atoms with van der Waals surface area (Å²) in [7, 11) is 1.35. The normalized spacial score (nSPS) is 10.8. The molecule has 0 aliphatic heterocycles. The molecule has 124 valence electrons. The highest BCUT2D eigenvalue weighted by Crippen LogP contribution is 2.20. The zero-order valence-electron chi connectivity index (χ0n) is 13.8. The highest BCUT2D eigenvalue weighted by molar-refractivity contribution is 5.69. The van der Waals surface area contributed by atoms with E-state index in [2.05, 4.69) is 17.0 Å². The van der Waals surface area contributed by atoms with Crippen molar-refractivity contribution in [3.63, 3.8) is 0 Å². The second kappa shape index (κ2) is 7.85. The molecule has 0 saturated heterocycles. The zero-order valence-corrected chi connectivity index (χ0v) is 13.8. The van der Waals surface area contributed by atoms with E-state index in [0.717, 1.165) is 37.1 Å². The summed E-state index contributed by atoms with van der Waals surface area (Å²) in [6.07, 6.45) is 3.93. The number of nitrogens with zero attached hydrogens (tertiary/aromatic N) is 3. The van der Waals surface area contributed by atoms with E-state index in [1.165, 1.54) is 13.2 Å². The van der Waals surface area contributed by atoms with Gasteiger partial charge >= 0.3 is 5.97 Å². The second-order valence-corrected chi connectivity index (χ2v) is 5.51. The molecule has 2 aromatic rings. The molecule has 0 aliphatic rings. The lowest BCUT2D eigenvalue weighted by molar-refractivity contribution is -0.141. The first-order valence-corrected chi connectivity index (χ1v) is 7.82. The number of halogens is 1. The molecule has 1 aromatic carbocycles. The summed E-state index contributed by atoms with van der Waals surface area (Å²) in [5.41, 5.74) is 1.28. The lowest BCUT2D eigenvalue weighted by Crippen LogP contribution is -2.15. The van der Waals surface area contributed by atoms with Crippen molar-refractivity contribution in [3.05, 3.63) is 35.4 Å². The first kappa shape index (κ1) is 17.1. The van der Waals surface area contributed by atoms with E-state index in [-0.39, 0.29) is 18.3 Å². The van der Waals surface area contributed by atoms with Gasteiger partial charge in [-0.3, -0.25) is 4.79 Å². The highest BCUT2D eigenvalue weighted by atomic mass is 19.1. The SMILES string of the molecule is CCCCCc1nc(-c2ccc(F)c(C)c2)nn1CC(=O)OC. The molecule has 0 fully saturated rings. The summed E-state index contributed by atoms with van der Waals surface area (Å²) < 4.78 is 19.7. The number of methoxy groups -OCH3 is 1. The van der Waals surface area contributed by atoms with Crippen molar-refractivity contribution < 1.29 is 13.9 Å². The molecule has 6 heteroatoms. The number of ether oxygens (including phenoxy) is 1. The summed E-state index contributed by atoms with van der Waals surface area (Å²) >= 11 is 0. The van der Waals surface area contributed by atoms with Crippen molar-refractivity contribution in [1.82, 2.24) is 14.8 Å².